The van der Waals surface area contributed by atoms with E-state index in [-0.39, 0.29) is 11.9 Å². The Bertz CT molecular complexity index is 602. The van der Waals surface area contributed by atoms with Crippen molar-refractivity contribution in [2.24, 2.45) is 0 Å². The lowest BCUT2D eigenvalue weighted by molar-refractivity contribution is 0.588. The summed E-state index contributed by atoms with van der Waals surface area (Å²) in [7, 11) is 0. The van der Waals surface area contributed by atoms with Crippen molar-refractivity contribution < 1.29 is 4.39 Å². The first-order valence-corrected chi connectivity index (χ1v) is 7.46. The summed E-state index contributed by atoms with van der Waals surface area (Å²) in [5.41, 5.74) is 5.29. The third-order valence-corrected chi connectivity index (χ3v) is 3.58. The largest absolute Gasteiger partial charge is 0.306 e. The molecule has 2 aromatic rings. The maximum atomic E-state index is 13.4. The molecule has 21 heavy (non-hydrogen) atoms. The Kier molecular flexibility index (Phi) is 5.07. The van der Waals surface area contributed by atoms with Crippen LogP contribution >= 0.6 is 0 Å². The standard InChI is InChI=1S/C18H23FN2/c1-5-8-20-18(15-10-13(3)21-14(4)11-15)17-7-6-16(19)9-12(17)2/h6-7,9-11,18,20H,5,8H2,1-4H3. The van der Waals surface area contributed by atoms with Gasteiger partial charge in [0.25, 0.3) is 0 Å². The van der Waals surface area contributed by atoms with Crippen LogP contribution in [-0.4, -0.2) is 11.5 Å². The normalized spacial score (nSPS) is 12.4. The fourth-order valence-corrected chi connectivity index (χ4v) is 2.69. The molecule has 2 nitrogen and oxygen atoms in total. The first kappa shape index (κ1) is 15.6. The third kappa shape index (κ3) is 3.88. The number of hydrogen-bond donors (Lipinski definition) is 1. The molecule has 0 radical (unpaired) electrons. The molecule has 112 valence electrons. The Morgan fingerprint density at radius 3 is 2.33 bits per heavy atom. The molecule has 0 aliphatic carbocycles. The van der Waals surface area contributed by atoms with E-state index in [2.05, 4.69) is 29.4 Å². The molecule has 2 rings (SSSR count). The van der Waals surface area contributed by atoms with Gasteiger partial charge in [-0.1, -0.05) is 13.0 Å². The van der Waals surface area contributed by atoms with Crippen molar-refractivity contribution >= 4 is 0 Å². The van der Waals surface area contributed by atoms with Gasteiger partial charge < -0.3 is 5.32 Å². The molecule has 1 aromatic carbocycles. The van der Waals surface area contributed by atoms with Gasteiger partial charge in [-0.3, -0.25) is 4.98 Å². The zero-order chi connectivity index (χ0) is 15.4. The lowest BCUT2D eigenvalue weighted by atomic mass is 9.94. The molecule has 1 atom stereocenters. The lowest BCUT2D eigenvalue weighted by Crippen LogP contribution is -2.24. The van der Waals surface area contributed by atoms with Gasteiger partial charge in [0.15, 0.2) is 0 Å². The summed E-state index contributed by atoms with van der Waals surface area (Å²) in [5.74, 6) is -0.187. The fraction of sp³-hybridized carbons (Fsp3) is 0.389. The highest BCUT2D eigenvalue weighted by molar-refractivity contribution is 5.38. The van der Waals surface area contributed by atoms with E-state index < -0.39 is 0 Å². The van der Waals surface area contributed by atoms with Crippen molar-refractivity contribution in [2.45, 2.75) is 40.2 Å². The van der Waals surface area contributed by atoms with Gasteiger partial charge in [0.05, 0.1) is 6.04 Å². The summed E-state index contributed by atoms with van der Waals surface area (Å²) in [6, 6.07) is 9.28. The summed E-state index contributed by atoms with van der Waals surface area (Å²) < 4.78 is 13.4. The molecule has 0 saturated carbocycles. The van der Waals surface area contributed by atoms with Gasteiger partial charge in [0.1, 0.15) is 5.82 Å². The molecule has 0 amide bonds. The van der Waals surface area contributed by atoms with Crippen LogP contribution in [0.2, 0.25) is 0 Å². The number of rotatable bonds is 5. The second kappa shape index (κ2) is 6.81. The number of benzene rings is 1. The zero-order valence-electron chi connectivity index (χ0n) is 13.2. The molecule has 1 aromatic heterocycles. The number of nitrogens with one attached hydrogen (secondary N) is 1. The Hall–Kier alpha value is -1.74. The predicted octanol–water partition coefficient (Wildman–Crippen LogP) is 4.23. The third-order valence-electron chi connectivity index (χ3n) is 3.58. The molecule has 0 aliphatic heterocycles. The molecule has 1 heterocycles. The van der Waals surface area contributed by atoms with Gasteiger partial charge in [-0.15, -0.1) is 0 Å². The minimum absolute atomic E-state index is 0.0750. The molecule has 0 spiro atoms. The second-order valence-electron chi connectivity index (χ2n) is 5.57. The van der Waals surface area contributed by atoms with E-state index in [0.29, 0.717) is 0 Å². The summed E-state index contributed by atoms with van der Waals surface area (Å²) in [6.45, 7) is 9.03. The molecule has 0 aliphatic rings. The highest BCUT2D eigenvalue weighted by Crippen LogP contribution is 2.26. The van der Waals surface area contributed by atoms with Crippen LogP contribution in [0.15, 0.2) is 30.3 Å². The molecular formula is C18H23FN2. The summed E-state index contributed by atoms with van der Waals surface area (Å²) in [5, 5.41) is 3.57. The quantitative estimate of drug-likeness (QED) is 0.889. The van der Waals surface area contributed by atoms with Crippen LogP contribution in [0.1, 0.15) is 47.5 Å². The molecule has 0 saturated heterocycles. The van der Waals surface area contributed by atoms with E-state index >= 15 is 0 Å². The Balaban J connectivity index is 2.46. The first-order chi connectivity index (χ1) is 10.0. The summed E-state index contributed by atoms with van der Waals surface area (Å²) in [6.07, 6.45) is 1.06. The number of nitrogens with zero attached hydrogens (tertiary/aromatic N) is 1. The van der Waals surface area contributed by atoms with Crippen molar-refractivity contribution in [3.8, 4) is 0 Å². The van der Waals surface area contributed by atoms with Crippen molar-refractivity contribution in [3.05, 3.63) is 64.2 Å². The average molecular weight is 286 g/mol. The van der Waals surface area contributed by atoms with Crippen LogP contribution in [-0.2, 0) is 0 Å². The smallest absolute Gasteiger partial charge is 0.123 e. The van der Waals surface area contributed by atoms with Crippen molar-refractivity contribution in [3.63, 3.8) is 0 Å². The maximum Gasteiger partial charge on any atom is 0.123 e. The fourth-order valence-electron chi connectivity index (χ4n) is 2.69. The Morgan fingerprint density at radius 1 is 1.10 bits per heavy atom. The van der Waals surface area contributed by atoms with E-state index in [4.69, 9.17) is 0 Å². The van der Waals surface area contributed by atoms with Gasteiger partial charge in [0.2, 0.25) is 0 Å². The van der Waals surface area contributed by atoms with Crippen LogP contribution in [0.5, 0.6) is 0 Å². The SMILES string of the molecule is CCCNC(c1cc(C)nc(C)c1)c1ccc(F)cc1C. The van der Waals surface area contributed by atoms with E-state index in [1.54, 1.807) is 6.07 Å². The summed E-state index contributed by atoms with van der Waals surface area (Å²) in [4.78, 5) is 4.44. The van der Waals surface area contributed by atoms with Crippen LogP contribution in [0.4, 0.5) is 4.39 Å². The Labute approximate surface area is 126 Å². The molecule has 0 bridgehead atoms. The predicted molar refractivity (Wildman–Crippen MR) is 85.0 cm³/mol. The molecule has 1 unspecified atom stereocenters. The number of pyridine rings is 1. The number of hydrogen-bond acceptors (Lipinski definition) is 2. The van der Waals surface area contributed by atoms with Crippen molar-refractivity contribution in [1.82, 2.24) is 10.3 Å². The van der Waals surface area contributed by atoms with Crippen LogP contribution in [0.25, 0.3) is 0 Å². The van der Waals surface area contributed by atoms with Gasteiger partial charge in [-0.25, -0.2) is 4.39 Å². The van der Waals surface area contributed by atoms with Crippen molar-refractivity contribution in [2.75, 3.05) is 6.54 Å². The number of aromatic nitrogens is 1. The van der Waals surface area contributed by atoms with Crippen LogP contribution in [0.3, 0.4) is 0 Å². The van der Waals surface area contributed by atoms with E-state index in [9.17, 15) is 4.39 Å². The van der Waals surface area contributed by atoms with E-state index in [1.807, 2.05) is 26.8 Å². The maximum absolute atomic E-state index is 13.4. The van der Waals surface area contributed by atoms with Gasteiger partial charge in [0, 0.05) is 11.4 Å². The zero-order valence-corrected chi connectivity index (χ0v) is 13.2. The van der Waals surface area contributed by atoms with Gasteiger partial charge >= 0.3 is 0 Å². The van der Waals surface area contributed by atoms with Gasteiger partial charge in [-0.2, -0.15) is 0 Å². The first-order valence-electron chi connectivity index (χ1n) is 7.46. The molecule has 0 fully saturated rings. The minimum Gasteiger partial charge on any atom is -0.306 e. The number of halogens is 1. The van der Waals surface area contributed by atoms with Crippen molar-refractivity contribution in [1.29, 1.82) is 0 Å². The number of aryl methyl sites for hydroxylation is 3. The molecule has 3 heteroatoms. The Morgan fingerprint density at radius 2 is 1.76 bits per heavy atom. The van der Waals surface area contributed by atoms with Crippen LogP contribution < -0.4 is 5.32 Å². The summed E-state index contributed by atoms with van der Waals surface area (Å²) >= 11 is 0. The minimum atomic E-state index is -0.187. The van der Waals surface area contributed by atoms with E-state index in [0.717, 1.165) is 35.5 Å². The average Bonchev–Trinajstić information content (AvgIpc) is 2.40. The molecular weight excluding hydrogens is 263 g/mol. The monoisotopic (exact) mass is 286 g/mol. The lowest BCUT2D eigenvalue weighted by Gasteiger charge is -2.22. The second-order valence-corrected chi connectivity index (χ2v) is 5.57. The van der Waals surface area contributed by atoms with E-state index in [1.165, 1.54) is 11.6 Å². The molecule has 1 N–H and O–H groups in total. The highest BCUT2D eigenvalue weighted by atomic mass is 19.1. The van der Waals surface area contributed by atoms with Crippen LogP contribution in [0, 0.1) is 26.6 Å². The van der Waals surface area contributed by atoms with Gasteiger partial charge in [-0.05, 0) is 74.7 Å². The highest BCUT2D eigenvalue weighted by Gasteiger charge is 2.16. The topological polar surface area (TPSA) is 24.9 Å².